The summed E-state index contributed by atoms with van der Waals surface area (Å²) in [7, 11) is -8.12. The second-order valence-corrected chi connectivity index (χ2v) is 13.8. The molecule has 3 saturated heterocycles. The molecule has 7 rings (SSSR count). The van der Waals surface area contributed by atoms with E-state index in [1.54, 1.807) is 0 Å². The minimum Gasteiger partial charge on any atom is -0.756 e. The fraction of sp³-hybridized carbons (Fsp3) is 0.545. The molecule has 0 bridgehead atoms. The van der Waals surface area contributed by atoms with Gasteiger partial charge in [0.1, 0.15) is 18.6 Å². The average Bonchev–Trinajstić information content (AvgIpc) is 3.78. The first-order valence-corrected chi connectivity index (χ1v) is 16.7. The lowest BCUT2D eigenvalue weighted by Crippen LogP contribution is -2.30. The molecule has 0 amide bonds. The molecule has 4 aromatic rings. The minimum atomic E-state index is -5.03. The summed E-state index contributed by atoms with van der Waals surface area (Å²) in [6.45, 7) is -1.25. The number of aromatic amines is 2. The molecule has 24 heteroatoms. The summed E-state index contributed by atoms with van der Waals surface area (Å²) >= 11 is 0. The van der Waals surface area contributed by atoms with E-state index in [9.17, 15) is 23.6 Å². The lowest BCUT2D eigenvalue weighted by atomic mass is 10.0. The molecule has 22 nitrogen and oxygen atoms in total. The van der Waals surface area contributed by atoms with Crippen LogP contribution in [0.25, 0.3) is 22.3 Å². The zero-order chi connectivity index (χ0) is 32.4. The van der Waals surface area contributed by atoms with Gasteiger partial charge in [-0.25, -0.2) is 14.5 Å². The molecular formula is C22H27N10O12P2-. The summed E-state index contributed by atoms with van der Waals surface area (Å²) in [6, 6.07) is 0. The van der Waals surface area contributed by atoms with Gasteiger partial charge in [0.15, 0.2) is 22.3 Å². The van der Waals surface area contributed by atoms with Gasteiger partial charge in [-0.15, -0.1) is 0 Å². The van der Waals surface area contributed by atoms with E-state index in [1.165, 1.54) is 21.8 Å². The number of ether oxygens (including phenoxy) is 2. The third-order valence-corrected chi connectivity index (χ3v) is 10.2. The number of nitrogens with two attached hydrogens (primary N) is 2. The highest BCUT2D eigenvalue weighted by Crippen LogP contribution is 2.53. The van der Waals surface area contributed by atoms with Crippen LogP contribution in [0.5, 0.6) is 0 Å². The number of nitrogen functional groups attached to an aromatic ring is 2. The molecular weight excluding hydrogens is 658 g/mol. The number of phosphoric ester groups is 2. The van der Waals surface area contributed by atoms with Crippen LogP contribution in [0.1, 0.15) is 25.3 Å². The molecule has 7 heterocycles. The maximum atomic E-state index is 13.4. The Labute approximate surface area is 256 Å². The van der Waals surface area contributed by atoms with Crippen LogP contribution >= 0.6 is 15.6 Å². The molecule has 3 aliphatic heterocycles. The maximum Gasteiger partial charge on any atom is 0.474 e. The number of fused-ring (bicyclic) bond motifs is 4. The molecule has 3 aliphatic rings. The number of nitrogens with zero attached hydrogens (tertiary/aromatic N) is 6. The number of hydrogen-bond donors (Lipinski definition) is 4. The highest BCUT2D eigenvalue weighted by atomic mass is 31.2. The number of aromatic nitrogens is 8. The van der Waals surface area contributed by atoms with Crippen LogP contribution in [0.15, 0.2) is 22.2 Å². The van der Waals surface area contributed by atoms with Crippen molar-refractivity contribution in [2.75, 3.05) is 38.4 Å². The summed E-state index contributed by atoms with van der Waals surface area (Å²) in [5.41, 5.74) is 10.5. The van der Waals surface area contributed by atoms with Crippen molar-refractivity contribution in [1.29, 1.82) is 0 Å². The fourth-order valence-corrected chi connectivity index (χ4v) is 7.54. The van der Waals surface area contributed by atoms with Crippen molar-refractivity contribution in [3.8, 4) is 0 Å². The van der Waals surface area contributed by atoms with Gasteiger partial charge < -0.3 is 34.9 Å². The highest BCUT2D eigenvalue weighted by molar-refractivity contribution is 7.48. The predicted molar refractivity (Wildman–Crippen MR) is 151 cm³/mol. The van der Waals surface area contributed by atoms with Crippen LogP contribution in [-0.4, -0.2) is 84.3 Å². The largest absolute Gasteiger partial charge is 0.756 e. The zero-order valence-corrected chi connectivity index (χ0v) is 25.6. The quantitative estimate of drug-likeness (QED) is 0.193. The first-order chi connectivity index (χ1) is 21.9. The van der Waals surface area contributed by atoms with Crippen LogP contribution in [-0.2, 0) is 41.2 Å². The third-order valence-electron chi connectivity index (χ3n) is 7.79. The Morgan fingerprint density at radius 3 is 2.00 bits per heavy atom. The van der Waals surface area contributed by atoms with Gasteiger partial charge in [-0.2, -0.15) is 9.97 Å². The van der Waals surface area contributed by atoms with E-state index in [-0.39, 0.29) is 53.7 Å². The van der Waals surface area contributed by atoms with Crippen LogP contribution in [0.4, 0.5) is 11.9 Å². The molecule has 8 atom stereocenters. The summed E-state index contributed by atoms with van der Waals surface area (Å²) in [5, 5.41) is 0. The molecule has 0 aromatic carbocycles. The van der Waals surface area contributed by atoms with Gasteiger partial charge in [-0.3, -0.25) is 46.8 Å². The molecule has 6 N–H and O–H groups in total. The standard InChI is InChI=1S/C22H28N10O12P2/c1-38-46(37)40-4-9-2-13(31-7-25-15-17(31)27-21(23)29-19(15)33)42-11(9)5-39-45(35,36)44-10-3-14(43-12(10)6-41-46)32-8-26-16-18(32)28-22(24)30-20(16)34/h7-14H,2-6H2,1H3,(H,35,36)(H3,23,27,29,33)(H3,24,28,30,34)/p-1/t9?,10?,11-,12-,13-,14-,46?/m1/s1. The molecule has 0 aliphatic carbocycles. The van der Waals surface area contributed by atoms with Crippen LogP contribution in [0.2, 0.25) is 0 Å². The van der Waals surface area contributed by atoms with Gasteiger partial charge >= 0.3 is 7.82 Å². The number of imidazole rings is 2. The van der Waals surface area contributed by atoms with Gasteiger partial charge in [0.25, 0.3) is 18.9 Å². The lowest BCUT2D eigenvalue weighted by Gasteiger charge is -2.29. The lowest BCUT2D eigenvalue weighted by molar-refractivity contribution is -0.234. The van der Waals surface area contributed by atoms with E-state index in [2.05, 4.69) is 29.9 Å². The fourth-order valence-electron chi connectivity index (χ4n) is 5.60. The van der Waals surface area contributed by atoms with E-state index in [0.717, 1.165) is 7.11 Å². The van der Waals surface area contributed by atoms with Crippen LogP contribution in [0, 0.1) is 5.92 Å². The summed E-state index contributed by atoms with van der Waals surface area (Å²) in [5.74, 6) is -0.909. The SMILES string of the molecule is COP1(=O)OCC2C[C@H](n3cnc4c(=O)[nH]c(N)nc43)O[C@@H]2COP(=O)([O-])OC2C[C@H](n3cnc4c(=O)[nH]c(N)nc43)O[C@@H]2CO1. The number of anilines is 2. The predicted octanol–water partition coefficient (Wildman–Crippen LogP) is -0.720. The summed E-state index contributed by atoms with van der Waals surface area (Å²) < 4.78 is 68.4. The molecule has 4 unspecified atom stereocenters. The highest BCUT2D eigenvalue weighted by Gasteiger charge is 2.45. The first-order valence-electron chi connectivity index (χ1n) is 13.8. The first kappa shape index (κ1) is 31.1. The van der Waals surface area contributed by atoms with Crippen molar-refractivity contribution in [1.82, 2.24) is 39.0 Å². The Morgan fingerprint density at radius 2 is 1.39 bits per heavy atom. The molecule has 248 valence electrons. The Kier molecular flexibility index (Phi) is 7.83. The van der Waals surface area contributed by atoms with Gasteiger partial charge in [0.05, 0.1) is 44.7 Å². The van der Waals surface area contributed by atoms with Crippen molar-refractivity contribution >= 4 is 49.9 Å². The van der Waals surface area contributed by atoms with Crippen molar-refractivity contribution in [2.24, 2.45) is 5.92 Å². The number of nitrogens with one attached hydrogen (secondary N) is 2. The second kappa shape index (κ2) is 11.6. The number of H-pyrrole nitrogens is 2. The Bertz CT molecular complexity index is 2010. The minimum absolute atomic E-state index is 0.0172. The Morgan fingerprint density at radius 1 is 0.848 bits per heavy atom. The van der Waals surface area contributed by atoms with Crippen molar-refractivity contribution < 1.29 is 46.1 Å². The number of hydrogen-bond acceptors (Lipinski definition) is 18. The zero-order valence-electron chi connectivity index (χ0n) is 23.8. The summed E-state index contributed by atoms with van der Waals surface area (Å²) in [6.07, 6.45) is -2.34. The van der Waals surface area contributed by atoms with E-state index in [4.69, 9.17) is 43.6 Å². The number of phosphoric acid groups is 2. The van der Waals surface area contributed by atoms with Gasteiger partial charge in [0.2, 0.25) is 11.9 Å². The van der Waals surface area contributed by atoms with Gasteiger partial charge in [-0.1, -0.05) is 0 Å². The molecule has 0 spiro atoms. The van der Waals surface area contributed by atoms with E-state index < -0.39 is 76.7 Å². The Hall–Kier alpha value is -3.56. The van der Waals surface area contributed by atoms with Crippen molar-refractivity contribution in [3.05, 3.63) is 33.4 Å². The number of rotatable bonds is 3. The summed E-state index contributed by atoms with van der Waals surface area (Å²) in [4.78, 5) is 58.7. The van der Waals surface area contributed by atoms with Crippen molar-refractivity contribution in [3.63, 3.8) is 0 Å². The maximum absolute atomic E-state index is 13.4. The second-order valence-electron chi connectivity index (χ2n) is 10.6. The van der Waals surface area contributed by atoms with Gasteiger partial charge in [-0.05, 0) is 0 Å². The van der Waals surface area contributed by atoms with Crippen molar-refractivity contribution in [2.45, 2.75) is 43.6 Å². The van der Waals surface area contributed by atoms with Crippen LogP contribution in [0.3, 0.4) is 0 Å². The molecule has 3 fully saturated rings. The topological polar surface area (TPSA) is 301 Å². The van der Waals surface area contributed by atoms with E-state index >= 15 is 0 Å². The molecule has 4 aromatic heterocycles. The monoisotopic (exact) mass is 685 g/mol. The Balaban J connectivity index is 1.14. The normalized spacial score (nSPS) is 34.1. The van der Waals surface area contributed by atoms with E-state index in [1.807, 2.05) is 0 Å². The van der Waals surface area contributed by atoms with Gasteiger partial charge in [0, 0.05) is 25.9 Å². The molecule has 0 radical (unpaired) electrons. The molecule has 46 heavy (non-hydrogen) atoms. The third kappa shape index (κ3) is 5.77. The van der Waals surface area contributed by atoms with E-state index in [0.29, 0.717) is 0 Å². The van der Waals surface area contributed by atoms with Crippen LogP contribution < -0.4 is 27.5 Å². The average molecular weight is 685 g/mol. The smallest absolute Gasteiger partial charge is 0.474 e. The molecule has 0 saturated carbocycles.